The zero-order valence-corrected chi connectivity index (χ0v) is 17.4. The molecule has 2 fully saturated rings. The summed E-state index contributed by atoms with van der Waals surface area (Å²) in [5.74, 6) is 0.975. The zero-order valence-electron chi connectivity index (χ0n) is 16.6. The molecule has 0 radical (unpaired) electrons. The van der Waals surface area contributed by atoms with Gasteiger partial charge in [0, 0.05) is 35.6 Å². The van der Waals surface area contributed by atoms with Crippen molar-refractivity contribution in [1.29, 1.82) is 0 Å². The zero-order chi connectivity index (χ0) is 20.2. The van der Waals surface area contributed by atoms with Crippen LogP contribution in [0, 0.1) is 0 Å². The third kappa shape index (κ3) is 3.57. The first kappa shape index (κ1) is 18.7. The highest BCUT2D eigenvalue weighted by Gasteiger charge is 2.38. The number of pyridine rings is 1. The summed E-state index contributed by atoms with van der Waals surface area (Å²) in [4.78, 5) is 17.8. The van der Waals surface area contributed by atoms with Crippen molar-refractivity contribution in [2.75, 3.05) is 5.32 Å². The maximum atomic E-state index is 12.8. The lowest BCUT2D eigenvalue weighted by atomic mass is 9.98. The molecule has 2 aromatic heterocycles. The van der Waals surface area contributed by atoms with Crippen LogP contribution in [0.1, 0.15) is 73.4 Å². The fourth-order valence-electron chi connectivity index (χ4n) is 4.19. The van der Waals surface area contributed by atoms with E-state index >= 15 is 0 Å². The van der Waals surface area contributed by atoms with Gasteiger partial charge in [0.1, 0.15) is 0 Å². The molecule has 1 atom stereocenters. The Hall–Kier alpha value is -2.26. The molecule has 5 rings (SSSR count). The highest BCUT2D eigenvalue weighted by molar-refractivity contribution is 7.91. The number of hydrogen-bond acceptors (Lipinski definition) is 4. The van der Waals surface area contributed by atoms with Crippen molar-refractivity contribution in [3.63, 3.8) is 0 Å². The Kier molecular flexibility index (Phi) is 4.47. The van der Waals surface area contributed by atoms with Crippen molar-refractivity contribution in [3.05, 3.63) is 34.8 Å². The van der Waals surface area contributed by atoms with Gasteiger partial charge in [-0.3, -0.25) is 9.67 Å². The van der Waals surface area contributed by atoms with E-state index in [1.807, 2.05) is 6.92 Å². The van der Waals surface area contributed by atoms with Crippen molar-refractivity contribution < 1.29 is 9.00 Å². The molecule has 9 heteroatoms. The van der Waals surface area contributed by atoms with Gasteiger partial charge in [0.05, 0.1) is 5.69 Å². The lowest BCUT2D eigenvalue weighted by Crippen LogP contribution is -2.20. The lowest BCUT2D eigenvalue weighted by molar-refractivity contribution is 0.260. The van der Waals surface area contributed by atoms with Crippen LogP contribution in [-0.4, -0.2) is 25.0 Å². The van der Waals surface area contributed by atoms with Crippen molar-refractivity contribution in [2.24, 2.45) is 9.50 Å². The van der Waals surface area contributed by atoms with Gasteiger partial charge >= 0.3 is 6.03 Å². The van der Waals surface area contributed by atoms with E-state index in [1.165, 1.54) is 24.1 Å². The molecule has 2 amide bonds. The average molecular weight is 415 g/mol. The molecule has 8 nitrogen and oxygen atoms in total. The summed E-state index contributed by atoms with van der Waals surface area (Å²) in [5.41, 5.74) is 5.44. The predicted molar refractivity (Wildman–Crippen MR) is 110 cm³/mol. The summed E-state index contributed by atoms with van der Waals surface area (Å²) in [7, 11) is -3.40. The number of amides is 2. The van der Waals surface area contributed by atoms with Gasteiger partial charge in [0.2, 0.25) is 0 Å². The molecule has 2 aromatic rings. The Morgan fingerprint density at radius 2 is 2.07 bits per heavy atom. The Morgan fingerprint density at radius 3 is 2.72 bits per heavy atom. The monoisotopic (exact) mass is 414 g/mol. The molecule has 0 aromatic carbocycles. The second kappa shape index (κ2) is 6.91. The third-order valence-electron chi connectivity index (χ3n) is 5.93. The van der Waals surface area contributed by atoms with Gasteiger partial charge < -0.3 is 5.32 Å². The standard InChI is InChI=1S/C20H26N6O2S/c1-2-26-11-10-16(24-26)29(21,28)25-20(27)23-19-14-4-3-5-15(14)22-18(13-8-9-13)17(19)12-6-7-12/h10-13H,2-9H2,1H3,(H3,21,22,23,25,27,28). The SMILES string of the molecule is CCn1ccc(S(N)(=O)=NC(=O)Nc2c3c(nc(C4CC4)c2C2CC2)CCC3)n1. The molecular formula is C20H26N6O2S. The number of nitrogens with zero attached hydrogens (tertiary/aromatic N) is 4. The first-order valence-electron chi connectivity index (χ1n) is 10.4. The van der Waals surface area contributed by atoms with Crippen molar-refractivity contribution in [2.45, 2.75) is 75.3 Å². The van der Waals surface area contributed by atoms with Crippen LogP contribution in [0.4, 0.5) is 10.5 Å². The fraction of sp³-hybridized carbons (Fsp3) is 0.550. The molecular weight excluding hydrogens is 388 g/mol. The van der Waals surface area contributed by atoms with Crippen LogP contribution in [0.15, 0.2) is 21.7 Å². The second-order valence-corrected chi connectivity index (χ2v) is 9.95. The maximum Gasteiger partial charge on any atom is 0.354 e. The Bertz CT molecular complexity index is 1110. The molecule has 0 saturated heterocycles. The summed E-state index contributed by atoms with van der Waals surface area (Å²) in [5, 5.41) is 13.1. The van der Waals surface area contributed by atoms with Crippen LogP contribution >= 0.6 is 0 Å². The van der Waals surface area contributed by atoms with E-state index in [1.54, 1.807) is 16.9 Å². The molecule has 0 spiro atoms. The number of nitrogens with one attached hydrogen (secondary N) is 1. The number of aromatic nitrogens is 3. The minimum Gasteiger partial charge on any atom is -0.305 e. The minimum atomic E-state index is -3.40. The molecule has 3 N–H and O–H groups in total. The summed E-state index contributed by atoms with van der Waals surface area (Å²) in [6.07, 6.45) is 9.16. The van der Waals surface area contributed by atoms with Crippen LogP contribution in [0.3, 0.4) is 0 Å². The Morgan fingerprint density at radius 1 is 1.31 bits per heavy atom. The number of fused-ring (bicyclic) bond motifs is 1. The summed E-state index contributed by atoms with van der Waals surface area (Å²) in [6, 6.07) is 0.876. The first-order valence-corrected chi connectivity index (χ1v) is 12.0. The maximum absolute atomic E-state index is 12.8. The van der Waals surface area contributed by atoms with Gasteiger partial charge in [-0.05, 0) is 69.4 Å². The quantitative estimate of drug-likeness (QED) is 0.779. The molecule has 3 aliphatic rings. The second-order valence-electron chi connectivity index (χ2n) is 8.21. The largest absolute Gasteiger partial charge is 0.354 e. The van der Waals surface area contributed by atoms with E-state index < -0.39 is 15.9 Å². The van der Waals surface area contributed by atoms with E-state index in [9.17, 15) is 9.00 Å². The number of nitrogens with two attached hydrogens (primary N) is 1. The van der Waals surface area contributed by atoms with Crippen LogP contribution < -0.4 is 10.5 Å². The smallest absolute Gasteiger partial charge is 0.305 e. The number of carbonyl (C=O) groups is 1. The van der Waals surface area contributed by atoms with Crippen LogP contribution in [0.2, 0.25) is 0 Å². The van der Waals surface area contributed by atoms with Crippen molar-refractivity contribution >= 4 is 21.6 Å². The van der Waals surface area contributed by atoms with Gasteiger partial charge in [-0.2, -0.15) is 5.10 Å². The summed E-state index contributed by atoms with van der Waals surface area (Å²) < 4.78 is 18.3. The van der Waals surface area contributed by atoms with Gasteiger partial charge in [0.15, 0.2) is 14.9 Å². The molecule has 154 valence electrons. The minimum absolute atomic E-state index is 0.121. The van der Waals surface area contributed by atoms with E-state index in [0.717, 1.165) is 49.0 Å². The van der Waals surface area contributed by atoms with Gasteiger partial charge in [-0.1, -0.05) is 0 Å². The molecule has 0 bridgehead atoms. The van der Waals surface area contributed by atoms with E-state index in [2.05, 4.69) is 14.8 Å². The number of rotatable bonds is 5. The summed E-state index contributed by atoms with van der Waals surface area (Å²) >= 11 is 0. The molecule has 2 heterocycles. The van der Waals surface area contributed by atoms with E-state index in [4.69, 9.17) is 10.1 Å². The van der Waals surface area contributed by atoms with Gasteiger partial charge in [0.25, 0.3) is 0 Å². The highest BCUT2D eigenvalue weighted by atomic mass is 32.2. The number of hydrogen-bond donors (Lipinski definition) is 2. The first-order chi connectivity index (χ1) is 14.0. The molecule has 2 saturated carbocycles. The van der Waals surface area contributed by atoms with Crippen molar-refractivity contribution in [3.8, 4) is 0 Å². The molecule has 29 heavy (non-hydrogen) atoms. The topological polar surface area (TPSA) is 115 Å². The molecule has 3 aliphatic carbocycles. The van der Waals surface area contributed by atoms with Crippen LogP contribution in [0.5, 0.6) is 0 Å². The predicted octanol–water partition coefficient (Wildman–Crippen LogP) is 3.47. The van der Waals surface area contributed by atoms with Crippen LogP contribution in [0.25, 0.3) is 0 Å². The Labute approximate surface area is 170 Å². The van der Waals surface area contributed by atoms with Gasteiger partial charge in [-0.25, -0.2) is 14.1 Å². The highest BCUT2D eigenvalue weighted by Crippen LogP contribution is 2.52. The number of anilines is 1. The normalized spacial score (nSPS) is 20.2. The van der Waals surface area contributed by atoms with Crippen molar-refractivity contribution in [1.82, 2.24) is 14.8 Å². The Balaban J connectivity index is 1.51. The van der Waals surface area contributed by atoms with E-state index in [0.29, 0.717) is 18.4 Å². The fourth-order valence-corrected chi connectivity index (χ4v) is 5.05. The lowest BCUT2D eigenvalue weighted by Gasteiger charge is -2.18. The average Bonchev–Trinajstić information content (AvgIpc) is 3.60. The van der Waals surface area contributed by atoms with E-state index in [-0.39, 0.29) is 5.03 Å². The molecule has 0 aliphatic heterocycles. The number of carbonyl (C=O) groups excluding carboxylic acids is 1. The van der Waals surface area contributed by atoms with Gasteiger partial charge in [-0.15, -0.1) is 4.36 Å². The van der Waals surface area contributed by atoms with Crippen LogP contribution in [-0.2, 0) is 29.3 Å². The number of aryl methyl sites for hydroxylation is 2. The number of urea groups is 1. The molecule has 1 unspecified atom stereocenters. The summed E-state index contributed by atoms with van der Waals surface area (Å²) in [6.45, 7) is 2.54. The third-order valence-corrected chi connectivity index (χ3v) is 7.19.